The molecule has 9 heteroatoms. The molecular formula is C26H25N5O4. The van der Waals surface area contributed by atoms with Crippen LogP contribution in [0.5, 0.6) is 0 Å². The Morgan fingerprint density at radius 3 is 2.86 bits per heavy atom. The first-order valence-corrected chi connectivity index (χ1v) is 11.9. The van der Waals surface area contributed by atoms with E-state index in [0.29, 0.717) is 26.1 Å². The molecule has 2 aromatic heterocycles. The number of carbonyl (C=O) groups excluding carboxylic acids is 1. The van der Waals surface area contributed by atoms with Crippen LogP contribution in [-0.4, -0.2) is 33.0 Å². The number of nitrogens with one attached hydrogen (secondary N) is 1. The molecule has 3 aliphatic heterocycles. The van der Waals surface area contributed by atoms with E-state index < -0.39 is 4.92 Å². The number of non-ortho nitro benzene ring substituents is 1. The third-order valence-electron chi connectivity index (χ3n) is 7.73. The van der Waals surface area contributed by atoms with E-state index in [9.17, 15) is 19.7 Å². The number of fused-ring (bicyclic) bond motifs is 8. The van der Waals surface area contributed by atoms with Crippen molar-refractivity contribution in [1.29, 1.82) is 0 Å². The van der Waals surface area contributed by atoms with E-state index in [1.807, 2.05) is 34.9 Å². The second-order valence-electron chi connectivity index (χ2n) is 9.69. The molecule has 1 aromatic carbocycles. The molecule has 3 aliphatic rings. The van der Waals surface area contributed by atoms with Crippen molar-refractivity contribution in [2.75, 3.05) is 11.4 Å². The van der Waals surface area contributed by atoms with Gasteiger partial charge in [-0.25, -0.2) is 0 Å². The summed E-state index contributed by atoms with van der Waals surface area (Å²) in [7, 11) is 0. The average molecular weight is 472 g/mol. The largest absolute Gasteiger partial charge is 0.366 e. The van der Waals surface area contributed by atoms with E-state index in [1.54, 1.807) is 30.6 Å². The normalized spacial score (nSPS) is 24.1. The molecule has 178 valence electrons. The SMILES string of the molecule is O=C(NCc1cccnc1)[C@@H]1Cc2cc([N+](=O)[O-])ccc2N2CC3CC(Cn4c3cccc4=O)[C@@H]12. The molecule has 4 atom stereocenters. The number of carbonyl (C=O) groups is 1. The van der Waals surface area contributed by atoms with Gasteiger partial charge < -0.3 is 14.8 Å². The Labute approximate surface area is 201 Å². The number of nitro benzene ring substituents is 1. The van der Waals surface area contributed by atoms with Crippen LogP contribution in [0, 0.1) is 22.0 Å². The summed E-state index contributed by atoms with van der Waals surface area (Å²) < 4.78 is 1.87. The molecule has 1 amide bonds. The van der Waals surface area contributed by atoms with Gasteiger partial charge in [-0.3, -0.25) is 24.7 Å². The molecule has 0 radical (unpaired) electrons. The lowest BCUT2D eigenvalue weighted by Crippen LogP contribution is -2.61. The molecular weight excluding hydrogens is 446 g/mol. The van der Waals surface area contributed by atoms with Crippen LogP contribution in [0.3, 0.4) is 0 Å². The molecule has 6 rings (SSSR count). The lowest BCUT2D eigenvalue weighted by molar-refractivity contribution is -0.384. The minimum atomic E-state index is -0.391. The highest BCUT2D eigenvalue weighted by atomic mass is 16.6. The monoisotopic (exact) mass is 471 g/mol. The summed E-state index contributed by atoms with van der Waals surface area (Å²) in [6, 6.07) is 14.0. The highest BCUT2D eigenvalue weighted by Gasteiger charge is 2.49. The zero-order valence-corrected chi connectivity index (χ0v) is 19.0. The van der Waals surface area contributed by atoms with Gasteiger partial charge in [-0.1, -0.05) is 12.1 Å². The number of rotatable bonds is 4. The van der Waals surface area contributed by atoms with E-state index >= 15 is 0 Å². The third-order valence-corrected chi connectivity index (χ3v) is 7.73. The molecule has 0 spiro atoms. The predicted molar refractivity (Wildman–Crippen MR) is 129 cm³/mol. The van der Waals surface area contributed by atoms with E-state index in [2.05, 4.69) is 15.2 Å². The lowest BCUT2D eigenvalue weighted by Gasteiger charge is -2.54. The van der Waals surface area contributed by atoms with Crippen LogP contribution in [0.4, 0.5) is 11.4 Å². The Morgan fingerprint density at radius 2 is 2.06 bits per heavy atom. The Bertz CT molecular complexity index is 1370. The first-order valence-electron chi connectivity index (χ1n) is 11.9. The van der Waals surface area contributed by atoms with Crippen LogP contribution in [0.15, 0.2) is 65.7 Å². The van der Waals surface area contributed by atoms with Gasteiger partial charge in [0.05, 0.1) is 10.8 Å². The minimum absolute atomic E-state index is 0.00457. The topological polar surface area (TPSA) is 110 Å². The average Bonchev–Trinajstić information content (AvgIpc) is 2.87. The van der Waals surface area contributed by atoms with Crippen LogP contribution >= 0.6 is 0 Å². The van der Waals surface area contributed by atoms with Crippen LogP contribution in [0.1, 0.15) is 29.2 Å². The fourth-order valence-electron chi connectivity index (χ4n) is 6.27. The van der Waals surface area contributed by atoms with E-state index in [-0.39, 0.29) is 40.9 Å². The summed E-state index contributed by atoms with van der Waals surface area (Å²) in [6.45, 7) is 1.61. The summed E-state index contributed by atoms with van der Waals surface area (Å²) in [4.78, 5) is 43.6. The van der Waals surface area contributed by atoms with Gasteiger partial charge in [-0.05, 0) is 48.1 Å². The number of nitrogens with zero attached hydrogens (tertiary/aromatic N) is 4. The van der Waals surface area contributed by atoms with Gasteiger partial charge in [0, 0.05) is 73.6 Å². The summed E-state index contributed by atoms with van der Waals surface area (Å²) in [5.41, 5.74) is 3.74. The summed E-state index contributed by atoms with van der Waals surface area (Å²) in [6.07, 6.45) is 4.76. The van der Waals surface area contributed by atoms with Gasteiger partial charge in [0.1, 0.15) is 0 Å². The number of nitro groups is 1. The molecule has 3 aromatic rings. The Kier molecular flexibility index (Phi) is 5.12. The van der Waals surface area contributed by atoms with Crippen molar-refractivity contribution in [2.45, 2.75) is 37.9 Å². The number of benzene rings is 1. The maximum Gasteiger partial charge on any atom is 0.269 e. The van der Waals surface area contributed by atoms with Gasteiger partial charge in [0.15, 0.2) is 0 Å². The maximum atomic E-state index is 13.6. The zero-order chi connectivity index (χ0) is 24.1. The quantitative estimate of drug-likeness (QED) is 0.463. The Balaban J connectivity index is 1.38. The summed E-state index contributed by atoms with van der Waals surface area (Å²) in [5.74, 6) is -0.170. The summed E-state index contributed by atoms with van der Waals surface area (Å²) in [5, 5.41) is 14.5. The highest BCUT2D eigenvalue weighted by Crippen LogP contribution is 2.47. The van der Waals surface area contributed by atoms with Crippen LogP contribution in [-0.2, 0) is 24.3 Å². The van der Waals surface area contributed by atoms with E-state index in [4.69, 9.17) is 0 Å². The molecule has 0 saturated carbocycles. The molecule has 2 unspecified atom stereocenters. The minimum Gasteiger partial charge on any atom is -0.366 e. The van der Waals surface area contributed by atoms with Crippen molar-refractivity contribution < 1.29 is 9.72 Å². The van der Waals surface area contributed by atoms with Crippen molar-refractivity contribution >= 4 is 17.3 Å². The van der Waals surface area contributed by atoms with E-state index in [1.165, 1.54) is 0 Å². The molecule has 9 nitrogen and oxygen atoms in total. The number of amides is 1. The molecule has 0 aliphatic carbocycles. The third kappa shape index (κ3) is 3.67. The molecule has 1 fully saturated rings. The van der Waals surface area contributed by atoms with Gasteiger partial charge in [-0.15, -0.1) is 0 Å². The van der Waals surface area contributed by atoms with Crippen molar-refractivity contribution in [3.63, 3.8) is 0 Å². The fraction of sp³-hybridized carbons (Fsp3) is 0.346. The maximum absolute atomic E-state index is 13.6. The first kappa shape index (κ1) is 21.5. The molecule has 5 heterocycles. The van der Waals surface area contributed by atoms with Crippen molar-refractivity contribution in [3.8, 4) is 0 Å². The van der Waals surface area contributed by atoms with Crippen molar-refractivity contribution in [1.82, 2.24) is 14.9 Å². The number of aromatic nitrogens is 2. The van der Waals surface area contributed by atoms with Crippen LogP contribution < -0.4 is 15.8 Å². The van der Waals surface area contributed by atoms with Gasteiger partial charge >= 0.3 is 0 Å². The zero-order valence-electron chi connectivity index (χ0n) is 19.0. The van der Waals surface area contributed by atoms with E-state index in [0.717, 1.165) is 28.9 Å². The summed E-state index contributed by atoms with van der Waals surface area (Å²) >= 11 is 0. The Hall–Kier alpha value is -4.01. The van der Waals surface area contributed by atoms with Crippen LogP contribution in [0.25, 0.3) is 0 Å². The number of hydrogen-bond donors (Lipinski definition) is 1. The first-order chi connectivity index (χ1) is 17.0. The molecule has 1 N–H and O–H groups in total. The molecule has 35 heavy (non-hydrogen) atoms. The lowest BCUT2D eigenvalue weighted by atomic mass is 9.70. The highest BCUT2D eigenvalue weighted by molar-refractivity contribution is 5.82. The smallest absolute Gasteiger partial charge is 0.269 e. The number of pyridine rings is 2. The second-order valence-corrected chi connectivity index (χ2v) is 9.69. The second kappa shape index (κ2) is 8.33. The van der Waals surface area contributed by atoms with Gasteiger partial charge in [0.2, 0.25) is 5.91 Å². The number of anilines is 1. The van der Waals surface area contributed by atoms with Crippen LogP contribution in [0.2, 0.25) is 0 Å². The Morgan fingerprint density at radius 1 is 1.17 bits per heavy atom. The molecule has 1 saturated heterocycles. The van der Waals surface area contributed by atoms with Crippen molar-refractivity contribution in [2.24, 2.45) is 11.8 Å². The predicted octanol–water partition coefficient (Wildman–Crippen LogP) is 2.63. The number of hydrogen-bond acceptors (Lipinski definition) is 6. The number of piperidine rings is 1. The fourth-order valence-corrected chi connectivity index (χ4v) is 6.27. The van der Waals surface area contributed by atoms with Gasteiger partial charge in [-0.2, -0.15) is 0 Å². The molecule has 2 bridgehead atoms. The van der Waals surface area contributed by atoms with Gasteiger partial charge in [0.25, 0.3) is 11.2 Å². The standard InChI is InChI=1S/C26H25N5O4/c32-24-5-1-4-22-18-9-19(15-29(22)24)25-21(26(33)28-13-16-3-2-8-27-12-16)11-17-10-20(31(34)35)6-7-23(17)30(25)14-18/h1-8,10,12,18-19,21,25H,9,11,13-15H2,(H,28,33)/t18?,19?,21-,25+/m1/s1. The van der Waals surface area contributed by atoms with Crippen molar-refractivity contribution in [3.05, 3.63) is 98.2 Å².